The van der Waals surface area contributed by atoms with E-state index in [0.717, 1.165) is 24.2 Å². The number of aliphatic hydroxyl groups is 1. The second-order valence-corrected chi connectivity index (χ2v) is 4.94. The average Bonchev–Trinajstić information content (AvgIpc) is 2.40. The van der Waals surface area contributed by atoms with Gasteiger partial charge in [-0.25, -0.2) is 0 Å². The van der Waals surface area contributed by atoms with Gasteiger partial charge in [0.2, 0.25) is 5.91 Å². The normalized spacial score (nSPS) is 10.8. The van der Waals surface area contributed by atoms with Crippen LogP contribution in [0.1, 0.15) is 25.3 Å². The van der Waals surface area contributed by atoms with Crippen LogP contribution in [0.25, 0.3) is 0 Å². The minimum absolute atomic E-state index is 0.0167. The molecule has 1 rings (SSSR count). The van der Waals surface area contributed by atoms with Gasteiger partial charge in [-0.3, -0.25) is 4.79 Å². The standard InChI is InChI=1S/C15H25N3O2/c1-3-7-18(9-10-19)8-6-15(20)17-14-5-4-13(16)11-12(14)2/h4-5,11,19H,3,6-10,16H2,1-2H3,(H,17,20). The molecular formula is C15H25N3O2. The number of benzene rings is 1. The van der Waals surface area contributed by atoms with Gasteiger partial charge in [-0.15, -0.1) is 0 Å². The number of nitrogens with zero attached hydrogens (tertiary/aromatic N) is 1. The fourth-order valence-electron chi connectivity index (χ4n) is 2.09. The van der Waals surface area contributed by atoms with Crippen molar-refractivity contribution in [1.82, 2.24) is 4.90 Å². The van der Waals surface area contributed by atoms with Gasteiger partial charge in [0.25, 0.3) is 0 Å². The molecule has 5 heteroatoms. The van der Waals surface area contributed by atoms with Crippen LogP contribution in [0.15, 0.2) is 18.2 Å². The van der Waals surface area contributed by atoms with Crippen molar-refractivity contribution in [2.75, 3.05) is 37.3 Å². The Kier molecular flexibility index (Phi) is 7.04. The Morgan fingerprint density at radius 1 is 1.35 bits per heavy atom. The molecule has 0 atom stereocenters. The second kappa shape index (κ2) is 8.55. The predicted octanol–water partition coefficient (Wildman–Crippen LogP) is 1.61. The molecule has 1 amide bonds. The Labute approximate surface area is 120 Å². The number of anilines is 2. The molecule has 0 spiro atoms. The average molecular weight is 279 g/mol. The zero-order valence-corrected chi connectivity index (χ0v) is 12.4. The third kappa shape index (κ3) is 5.59. The van der Waals surface area contributed by atoms with Crippen LogP contribution < -0.4 is 11.1 Å². The molecule has 4 N–H and O–H groups in total. The van der Waals surface area contributed by atoms with Crippen LogP contribution in [0, 0.1) is 6.92 Å². The molecular weight excluding hydrogens is 254 g/mol. The van der Waals surface area contributed by atoms with E-state index < -0.39 is 0 Å². The fourth-order valence-corrected chi connectivity index (χ4v) is 2.09. The molecule has 112 valence electrons. The lowest BCUT2D eigenvalue weighted by Crippen LogP contribution is -2.31. The number of rotatable bonds is 8. The van der Waals surface area contributed by atoms with Crippen LogP contribution in [-0.4, -0.2) is 42.2 Å². The number of hydrogen-bond acceptors (Lipinski definition) is 4. The summed E-state index contributed by atoms with van der Waals surface area (Å²) in [6, 6.07) is 5.43. The first kappa shape index (κ1) is 16.5. The fraction of sp³-hybridized carbons (Fsp3) is 0.533. The number of aryl methyl sites for hydroxylation is 1. The van der Waals surface area contributed by atoms with Gasteiger partial charge >= 0.3 is 0 Å². The molecule has 0 saturated carbocycles. The zero-order valence-electron chi connectivity index (χ0n) is 12.4. The number of nitrogen functional groups attached to an aromatic ring is 1. The quantitative estimate of drug-likeness (QED) is 0.632. The van der Waals surface area contributed by atoms with E-state index in [9.17, 15) is 4.79 Å². The second-order valence-electron chi connectivity index (χ2n) is 4.94. The number of nitrogens with two attached hydrogens (primary N) is 1. The summed E-state index contributed by atoms with van der Waals surface area (Å²) in [4.78, 5) is 14.0. The lowest BCUT2D eigenvalue weighted by molar-refractivity contribution is -0.116. The Morgan fingerprint density at radius 3 is 2.70 bits per heavy atom. The molecule has 0 aromatic heterocycles. The summed E-state index contributed by atoms with van der Waals surface area (Å²) in [5.74, 6) is -0.0167. The molecule has 1 aromatic carbocycles. The molecule has 0 radical (unpaired) electrons. The van der Waals surface area contributed by atoms with Crippen LogP contribution >= 0.6 is 0 Å². The summed E-state index contributed by atoms with van der Waals surface area (Å²) in [5, 5.41) is 11.9. The Bertz CT molecular complexity index is 429. The highest BCUT2D eigenvalue weighted by molar-refractivity contribution is 5.91. The molecule has 5 nitrogen and oxygen atoms in total. The maximum Gasteiger partial charge on any atom is 0.225 e. The minimum Gasteiger partial charge on any atom is -0.399 e. The van der Waals surface area contributed by atoms with Crippen molar-refractivity contribution in [3.63, 3.8) is 0 Å². The number of hydrogen-bond donors (Lipinski definition) is 3. The van der Waals surface area contributed by atoms with Gasteiger partial charge in [0.05, 0.1) is 6.61 Å². The summed E-state index contributed by atoms with van der Waals surface area (Å²) < 4.78 is 0. The first-order valence-electron chi connectivity index (χ1n) is 7.06. The van der Waals surface area contributed by atoms with Gasteiger partial charge in [-0.2, -0.15) is 0 Å². The first-order chi connectivity index (χ1) is 9.56. The molecule has 0 saturated heterocycles. The van der Waals surface area contributed by atoms with E-state index in [2.05, 4.69) is 17.1 Å². The van der Waals surface area contributed by atoms with Crippen LogP contribution in [-0.2, 0) is 4.79 Å². The van der Waals surface area contributed by atoms with Crippen molar-refractivity contribution < 1.29 is 9.90 Å². The van der Waals surface area contributed by atoms with E-state index in [0.29, 0.717) is 25.2 Å². The minimum atomic E-state index is -0.0167. The Morgan fingerprint density at radius 2 is 2.10 bits per heavy atom. The smallest absolute Gasteiger partial charge is 0.225 e. The SMILES string of the molecule is CCCN(CCO)CCC(=O)Nc1ccc(N)cc1C. The molecule has 0 heterocycles. The van der Waals surface area contributed by atoms with Gasteiger partial charge in [0, 0.05) is 30.9 Å². The highest BCUT2D eigenvalue weighted by Crippen LogP contribution is 2.17. The van der Waals surface area contributed by atoms with E-state index >= 15 is 0 Å². The third-order valence-corrected chi connectivity index (χ3v) is 3.14. The van der Waals surface area contributed by atoms with Crippen LogP contribution in [0.3, 0.4) is 0 Å². The number of nitrogens with one attached hydrogen (secondary N) is 1. The molecule has 0 bridgehead atoms. The van der Waals surface area contributed by atoms with Crippen molar-refractivity contribution in [1.29, 1.82) is 0 Å². The van der Waals surface area contributed by atoms with Gasteiger partial charge in [0.1, 0.15) is 0 Å². The molecule has 0 fully saturated rings. The summed E-state index contributed by atoms with van der Waals surface area (Å²) in [6.07, 6.45) is 1.43. The number of amides is 1. The molecule has 0 aliphatic carbocycles. The molecule has 20 heavy (non-hydrogen) atoms. The first-order valence-corrected chi connectivity index (χ1v) is 7.06. The maximum atomic E-state index is 11.9. The van der Waals surface area contributed by atoms with Crippen molar-refractivity contribution >= 4 is 17.3 Å². The van der Waals surface area contributed by atoms with Crippen molar-refractivity contribution in [3.05, 3.63) is 23.8 Å². The lowest BCUT2D eigenvalue weighted by Gasteiger charge is -2.20. The summed E-state index contributed by atoms with van der Waals surface area (Å²) in [5.41, 5.74) is 8.13. The van der Waals surface area contributed by atoms with E-state index in [1.165, 1.54) is 0 Å². The third-order valence-electron chi connectivity index (χ3n) is 3.14. The van der Waals surface area contributed by atoms with Gasteiger partial charge in [-0.1, -0.05) is 6.92 Å². The number of carbonyl (C=O) groups excluding carboxylic acids is 1. The Balaban J connectivity index is 2.46. The van der Waals surface area contributed by atoms with Crippen LogP contribution in [0.5, 0.6) is 0 Å². The molecule has 0 aliphatic heterocycles. The lowest BCUT2D eigenvalue weighted by atomic mass is 10.1. The number of carbonyl (C=O) groups is 1. The van der Waals surface area contributed by atoms with Crippen LogP contribution in [0.4, 0.5) is 11.4 Å². The van der Waals surface area contributed by atoms with E-state index in [1.807, 2.05) is 19.1 Å². The van der Waals surface area contributed by atoms with Gasteiger partial charge < -0.3 is 21.1 Å². The summed E-state index contributed by atoms with van der Waals surface area (Å²) in [6.45, 7) is 6.30. The highest BCUT2D eigenvalue weighted by atomic mass is 16.3. The van der Waals surface area contributed by atoms with E-state index in [4.69, 9.17) is 10.8 Å². The summed E-state index contributed by atoms with van der Waals surface area (Å²) >= 11 is 0. The molecule has 1 aromatic rings. The predicted molar refractivity (Wildman–Crippen MR) is 82.7 cm³/mol. The van der Waals surface area contributed by atoms with Gasteiger partial charge in [-0.05, 0) is 43.7 Å². The topological polar surface area (TPSA) is 78.6 Å². The Hall–Kier alpha value is -1.59. The maximum absolute atomic E-state index is 11.9. The van der Waals surface area contributed by atoms with Crippen molar-refractivity contribution in [3.8, 4) is 0 Å². The van der Waals surface area contributed by atoms with Crippen molar-refractivity contribution in [2.24, 2.45) is 0 Å². The van der Waals surface area contributed by atoms with E-state index in [1.54, 1.807) is 6.07 Å². The highest BCUT2D eigenvalue weighted by Gasteiger charge is 2.08. The number of aliphatic hydroxyl groups excluding tert-OH is 1. The molecule has 0 unspecified atom stereocenters. The molecule has 0 aliphatic rings. The van der Waals surface area contributed by atoms with Gasteiger partial charge in [0.15, 0.2) is 0 Å². The van der Waals surface area contributed by atoms with E-state index in [-0.39, 0.29) is 12.5 Å². The van der Waals surface area contributed by atoms with Crippen LogP contribution in [0.2, 0.25) is 0 Å². The zero-order chi connectivity index (χ0) is 15.0. The summed E-state index contributed by atoms with van der Waals surface area (Å²) in [7, 11) is 0. The largest absolute Gasteiger partial charge is 0.399 e. The monoisotopic (exact) mass is 279 g/mol. The van der Waals surface area contributed by atoms with Crippen molar-refractivity contribution in [2.45, 2.75) is 26.7 Å².